The molecule has 1 fully saturated rings. The van der Waals surface area contributed by atoms with Gasteiger partial charge in [0.05, 0.1) is 34.3 Å². The van der Waals surface area contributed by atoms with E-state index in [4.69, 9.17) is 14.6 Å². The topological polar surface area (TPSA) is 57.9 Å². The molecule has 0 aromatic rings. The third-order valence-electron chi connectivity index (χ3n) is 4.07. The predicted octanol–water partition coefficient (Wildman–Crippen LogP) is 2.79. The highest BCUT2D eigenvalue weighted by molar-refractivity contribution is 6.54. The third-order valence-corrected chi connectivity index (χ3v) is 4.07. The molecule has 0 atom stereocenters. The van der Waals surface area contributed by atoms with Crippen molar-refractivity contribution in [2.75, 3.05) is 0 Å². The largest absolute Gasteiger partial charge is 0.514 e. The molecule has 2 rings (SSSR count). The Bertz CT molecular complexity index is 581. The average molecular weight is 285 g/mol. The first-order valence-corrected chi connectivity index (χ1v) is 6.88. The van der Waals surface area contributed by atoms with E-state index in [1.807, 2.05) is 46.8 Å². The smallest absolute Gasteiger partial charge is 0.398 e. The summed E-state index contributed by atoms with van der Waals surface area (Å²) >= 11 is 0. The molecule has 0 bridgehead atoms. The fraction of sp³-hybridized carbons (Fsp3) is 0.467. The van der Waals surface area contributed by atoms with Crippen molar-refractivity contribution >= 4 is 13.3 Å². The highest BCUT2D eigenvalue weighted by Crippen LogP contribution is 2.39. The van der Waals surface area contributed by atoms with Crippen LogP contribution in [-0.2, 0) is 9.31 Å². The third kappa shape index (κ3) is 2.67. The minimum absolute atomic E-state index is 0.416. The number of rotatable bonds is 2. The van der Waals surface area contributed by atoms with Crippen molar-refractivity contribution in [3.05, 3.63) is 35.6 Å². The first-order valence-electron chi connectivity index (χ1n) is 6.88. The maximum atomic E-state index is 8.91. The number of nitriles is 1. The van der Waals surface area contributed by atoms with Gasteiger partial charge in [0, 0.05) is 0 Å². The van der Waals surface area contributed by atoms with Gasteiger partial charge in [-0.1, -0.05) is 12.7 Å². The van der Waals surface area contributed by atoms with Crippen LogP contribution in [0.2, 0.25) is 0 Å². The Hall–Kier alpha value is -1.84. The molecule has 1 saturated heterocycles. The molecule has 0 radical (unpaired) electrons. The highest BCUT2D eigenvalue weighted by atomic mass is 16.7. The first kappa shape index (κ1) is 15.6. The molecule has 6 heteroatoms. The minimum Gasteiger partial charge on any atom is -0.398 e. The quantitative estimate of drug-likeness (QED) is 0.732. The van der Waals surface area contributed by atoms with Gasteiger partial charge in [-0.25, -0.2) is 5.01 Å². The summed E-state index contributed by atoms with van der Waals surface area (Å²) in [7, 11) is -0.522. The van der Waals surface area contributed by atoms with Crippen molar-refractivity contribution in [3.8, 4) is 6.07 Å². The molecule has 0 N–H and O–H groups in total. The molecule has 0 aromatic carbocycles. The van der Waals surface area contributed by atoms with Crippen LogP contribution >= 0.6 is 0 Å². The summed E-state index contributed by atoms with van der Waals surface area (Å²) in [5.74, 6) is 0. The lowest BCUT2D eigenvalue weighted by atomic mass is 9.83. The van der Waals surface area contributed by atoms with Gasteiger partial charge in [0.25, 0.3) is 0 Å². The molecule has 2 aliphatic heterocycles. The Morgan fingerprint density at radius 3 is 2.38 bits per heavy atom. The van der Waals surface area contributed by atoms with Crippen molar-refractivity contribution < 1.29 is 9.31 Å². The van der Waals surface area contributed by atoms with Crippen molar-refractivity contribution in [3.63, 3.8) is 0 Å². The Kier molecular flexibility index (Phi) is 3.83. The molecule has 2 aliphatic rings. The van der Waals surface area contributed by atoms with Crippen LogP contribution in [0, 0.1) is 11.3 Å². The van der Waals surface area contributed by atoms with E-state index >= 15 is 0 Å². The minimum atomic E-state index is -0.522. The van der Waals surface area contributed by atoms with Gasteiger partial charge in [0.1, 0.15) is 6.07 Å². The molecular formula is C15H20BN3O2. The van der Waals surface area contributed by atoms with Gasteiger partial charge in [0.2, 0.25) is 0 Å². The number of hydrazone groups is 1. The summed E-state index contributed by atoms with van der Waals surface area (Å²) in [6.07, 6.45) is 5.07. The van der Waals surface area contributed by atoms with Gasteiger partial charge >= 0.3 is 7.12 Å². The fourth-order valence-corrected chi connectivity index (χ4v) is 2.09. The van der Waals surface area contributed by atoms with Gasteiger partial charge in [-0.05, 0) is 40.7 Å². The second-order valence-corrected chi connectivity index (χ2v) is 6.06. The summed E-state index contributed by atoms with van der Waals surface area (Å²) in [4.78, 5) is 0. The normalized spacial score (nSPS) is 24.1. The van der Waals surface area contributed by atoms with Crippen LogP contribution in [0.5, 0.6) is 0 Å². The molecule has 2 heterocycles. The lowest BCUT2D eigenvalue weighted by Crippen LogP contribution is -2.41. The first-order chi connectivity index (χ1) is 9.71. The van der Waals surface area contributed by atoms with Crippen LogP contribution in [0.4, 0.5) is 0 Å². The SMILES string of the molecule is C=C1C=C(C#N)C=NN1/C(=C\C)B1OC(C)(C)C(C)(C)O1. The zero-order valence-corrected chi connectivity index (χ0v) is 13.2. The van der Waals surface area contributed by atoms with Crippen molar-refractivity contribution in [1.82, 2.24) is 5.01 Å². The van der Waals surface area contributed by atoms with E-state index in [1.165, 1.54) is 6.21 Å². The van der Waals surface area contributed by atoms with Crippen LogP contribution in [0.3, 0.4) is 0 Å². The summed E-state index contributed by atoms with van der Waals surface area (Å²) in [6, 6.07) is 2.05. The van der Waals surface area contributed by atoms with Crippen molar-refractivity contribution in [1.29, 1.82) is 5.26 Å². The van der Waals surface area contributed by atoms with E-state index in [1.54, 1.807) is 11.1 Å². The lowest BCUT2D eigenvalue weighted by molar-refractivity contribution is 0.00578. The Labute approximate surface area is 126 Å². The monoisotopic (exact) mass is 285 g/mol. The molecule has 0 unspecified atom stereocenters. The van der Waals surface area contributed by atoms with Crippen LogP contribution in [0.1, 0.15) is 34.6 Å². The number of allylic oxidation sites excluding steroid dienone is 3. The maximum absolute atomic E-state index is 8.91. The summed E-state index contributed by atoms with van der Waals surface area (Å²) in [6.45, 7) is 13.8. The van der Waals surface area contributed by atoms with E-state index < -0.39 is 18.3 Å². The zero-order valence-electron chi connectivity index (χ0n) is 13.2. The molecule has 110 valence electrons. The standard InChI is InChI=1S/C15H20BN3O2/c1-7-13(16-20-14(3,4)15(5,6)21-16)19-11(2)8-12(9-17)10-18-19/h7-8,10H,2H2,1,3-6H3/b13-7-. The average Bonchev–Trinajstić information content (AvgIpc) is 2.61. The summed E-state index contributed by atoms with van der Waals surface area (Å²) < 4.78 is 12.1. The van der Waals surface area contributed by atoms with Crippen LogP contribution < -0.4 is 0 Å². The van der Waals surface area contributed by atoms with Crippen LogP contribution in [0.25, 0.3) is 0 Å². The fourth-order valence-electron chi connectivity index (χ4n) is 2.09. The van der Waals surface area contributed by atoms with E-state index in [0.717, 1.165) is 5.60 Å². The van der Waals surface area contributed by atoms with Crippen molar-refractivity contribution in [2.24, 2.45) is 5.10 Å². The molecule has 5 nitrogen and oxygen atoms in total. The molecule has 0 spiro atoms. The van der Waals surface area contributed by atoms with Crippen LogP contribution in [-0.4, -0.2) is 29.5 Å². The summed E-state index contributed by atoms with van der Waals surface area (Å²) in [5.41, 5.74) is 1.00. The van der Waals surface area contributed by atoms with Gasteiger partial charge in [0.15, 0.2) is 0 Å². The van der Waals surface area contributed by atoms with Gasteiger partial charge in [-0.3, -0.25) is 0 Å². The van der Waals surface area contributed by atoms with Gasteiger partial charge in [-0.2, -0.15) is 10.4 Å². The van der Waals surface area contributed by atoms with Crippen LogP contribution in [0.15, 0.2) is 40.7 Å². The molecule has 0 saturated carbocycles. The Balaban J connectivity index is 2.25. The summed E-state index contributed by atoms with van der Waals surface area (Å²) in [5, 5.41) is 14.8. The van der Waals surface area contributed by atoms with Crippen molar-refractivity contribution in [2.45, 2.75) is 45.8 Å². The van der Waals surface area contributed by atoms with E-state index in [0.29, 0.717) is 11.3 Å². The second kappa shape index (κ2) is 5.17. The predicted molar refractivity (Wildman–Crippen MR) is 83.0 cm³/mol. The molecular weight excluding hydrogens is 265 g/mol. The number of hydrogen-bond donors (Lipinski definition) is 0. The van der Waals surface area contributed by atoms with Gasteiger partial charge < -0.3 is 9.31 Å². The van der Waals surface area contributed by atoms with E-state index in [-0.39, 0.29) is 0 Å². The second-order valence-electron chi connectivity index (χ2n) is 6.06. The van der Waals surface area contributed by atoms with E-state index in [2.05, 4.69) is 11.7 Å². The lowest BCUT2D eigenvalue weighted by Gasteiger charge is -2.32. The molecule has 21 heavy (non-hydrogen) atoms. The molecule has 0 amide bonds. The molecule has 0 aliphatic carbocycles. The van der Waals surface area contributed by atoms with Gasteiger partial charge in [-0.15, -0.1) is 0 Å². The Morgan fingerprint density at radius 2 is 1.95 bits per heavy atom. The zero-order chi connectivity index (χ0) is 15.8. The van der Waals surface area contributed by atoms with E-state index in [9.17, 15) is 0 Å². The number of nitrogens with zero attached hydrogens (tertiary/aromatic N) is 3. The Morgan fingerprint density at radius 1 is 1.38 bits per heavy atom. The highest BCUT2D eigenvalue weighted by Gasteiger charge is 2.53. The maximum Gasteiger partial charge on any atom is 0.514 e. The molecule has 0 aromatic heterocycles. The number of hydrogen-bond acceptors (Lipinski definition) is 5.